The van der Waals surface area contributed by atoms with Crippen molar-refractivity contribution in [1.29, 1.82) is 0 Å². The molecule has 7 aromatic carbocycles. The molecule has 1 aliphatic carbocycles. The van der Waals surface area contributed by atoms with Crippen molar-refractivity contribution in [2.45, 2.75) is 19.3 Å². The van der Waals surface area contributed by atoms with Crippen molar-refractivity contribution >= 4 is 21.9 Å². The highest BCUT2D eigenvalue weighted by atomic mass is 16.3. The van der Waals surface area contributed by atoms with Crippen molar-refractivity contribution < 1.29 is 4.42 Å². The van der Waals surface area contributed by atoms with Crippen LogP contribution in [0, 0.1) is 0 Å². The first-order valence-corrected chi connectivity index (χ1v) is 19.7. The number of fused-ring (bicyclic) bond motifs is 6. The minimum Gasteiger partial charge on any atom is -0.456 e. The standard InChI is InChI=1S/C54H37N3O/c1-54(2)47-14-8-6-12-43(47)46-31-38(21-23-48(46)54)41-28-40(35-18-16-34(17-19-35)36-24-26-55-27-25-36)29-42(30-41)50-33-49(56-53(57-50)37-10-4-3-5-11-37)39-20-22-45-44-13-7-9-15-51(44)58-52(45)32-39/h3-33H,1-2H3. The van der Waals surface area contributed by atoms with Crippen LogP contribution < -0.4 is 0 Å². The Morgan fingerprint density at radius 2 is 0.966 bits per heavy atom. The lowest BCUT2D eigenvalue weighted by atomic mass is 9.82. The van der Waals surface area contributed by atoms with Gasteiger partial charge in [-0.2, -0.15) is 0 Å². The third kappa shape index (κ3) is 5.72. The van der Waals surface area contributed by atoms with Crippen LogP contribution in [0.25, 0.3) is 100 Å². The van der Waals surface area contributed by atoms with Crippen LogP contribution in [-0.4, -0.2) is 15.0 Å². The van der Waals surface area contributed by atoms with Crippen LogP contribution in [0.1, 0.15) is 25.0 Å². The smallest absolute Gasteiger partial charge is 0.160 e. The number of hydrogen-bond donors (Lipinski definition) is 0. The minimum atomic E-state index is -0.0649. The van der Waals surface area contributed by atoms with Gasteiger partial charge in [-0.05, 0) is 116 Å². The van der Waals surface area contributed by atoms with E-state index in [9.17, 15) is 0 Å². The second-order valence-corrected chi connectivity index (χ2v) is 15.7. The van der Waals surface area contributed by atoms with Gasteiger partial charge in [0.05, 0.1) is 11.4 Å². The molecule has 274 valence electrons. The van der Waals surface area contributed by atoms with Gasteiger partial charge >= 0.3 is 0 Å². The molecule has 3 heterocycles. The monoisotopic (exact) mass is 743 g/mol. The lowest BCUT2D eigenvalue weighted by molar-refractivity contribution is 0.660. The second-order valence-electron chi connectivity index (χ2n) is 15.7. The number of rotatable bonds is 6. The van der Waals surface area contributed by atoms with Gasteiger partial charge in [0.1, 0.15) is 11.2 Å². The summed E-state index contributed by atoms with van der Waals surface area (Å²) in [4.78, 5) is 14.7. The fraction of sp³-hybridized carbons (Fsp3) is 0.0556. The Kier molecular flexibility index (Phi) is 7.80. The fourth-order valence-corrected chi connectivity index (χ4v) is 8.75. The summed E-state index contributed by atoms with van der Waals surface area (Å²) in [5.74, 6) is 0.669. The molecule has 1 aliphatic rings. The van der Waals surface area contributed by atoms with Crippen LogP contribution in [0.5, 0.6) is 0 Å². The van der Waals surface area contributed by atoms with Gasteiger partial charge in [0.15, 0.2) is 5.82 Å². The van der Waals surface area contributed by atoms with Crippen LogP contribution >= 0.6 is 0 Å². The van der Waals surface area contributed by atoms with Crippen LogP contribution in [0.2, 0.25) is 0 Å². The molecule has 0 saturated heterocycles. The summed E-state index contributed by atoms with van der Waals surface area (Å²) in [6.45, 7) is 4.66. The van der Waals surface area contributed by atoms with E-state index in [1.165, 1.54) is 22.3 Å². The molecule has 4 nitrogen and oxygen atoms in total. The zero-order chi connectivity index (χ0) is 38.8. The molecular weight excluding hydrogens is 707 g/mol. The minimum absolute atomic E-state index is 0.0649. The van der Waals surface area contributed by atoms with E-state index in [0.717, 1.165) is 83.4 Å². The van der Waals surface area contributed by atoms with Gasteiger partial charge < -0.3 is 4.42 Å². The number of furan rings is 1. The normalized spacial score (nSPS) is 12.8. The Balaban J connectivity index is 1.10. The number of para-hydroxylation sites is 1. The topological polar surface area (TPSA) is 51.8 Å². The molecule has 0 radical (unpaired) electrons. The Bertz CT molecular complexity index is 3180. The van der Waals surface area contributed by atoms with Crippen molar-refractivity contribution in [2.24, 2.45) is 0 Å². The highest BCUT2D eigenvalue weighted by molar-refractivity contribution is 6.05. The van der Waals surface area contributed by atoms with Gasteiger partial charge in [0.25, 0.3) is 0 Å². The van der Waals surface area contributed by atoms with Gasteiger partial charge in [0, 0.05) is 45.3 Å². The summed E-state index contributed by atoms with van der Waals surface area (Å²) < 4.78 is 6.33. The van der Waals surface area contributed by atoms with E-state index in [1.54, 1.807) is 0 Å². The van der Waals surface area contributed by atoms with E-state index in [1.807, 2.05) is 60.9 Å². The second kappa shape index (κ2) is 13.4. The van der Waals surface area contributed by atoms with E-state index in [-0.39, 0.29) is 5.41 Å². The maximum Gasteiger partial charge on any atom is 0.160 e. The first kappa shape index (κ1) is 33.9. The lowest BCUT2D eigenvalue weighted by Crippen LogP contribution is -2.14. The van der Waals surface area contributed by atoms with Crippen LogP contribution in [-0.2, 0) is 5.41 Å². The van der Waals surface area contributed by atoms with E-state index in [0.29, 0.717) is 5.82 Å². The van der Waals surface area contributed by atoms with Crippen LogP contribution in [0.15, 0.2) is 193 Å². The quantitative estimate of drug-likeness (QED) is 0.170. The highest BCUT2D eigenvalue weighted by Gasteiger charge is 2.35. The molecule has 0 bridgehead atoms. The van der Waals surface area contributed by atoms with Crippen molar-refractivity contribution in [2.75, 3.05) is 0 Å². The largest absolute Gasteiger partial charge is 0.456 e. The number of benzene rings is 7. The van der Waals surface area contributed by atoms with E-state index in [4.69, 9.17) is 14.4 Å². The van der Waals surface area contributed by atoms with Crippen LogP contribution in [0.4, 0.5) is 0 Å². The Labute approximate surface area is 337 Å². The molecule has 0 atom stereocenters. The maximum absolute atomic E-state index is 6.33. The van der Waals surface area contributed by atoms with Crippen molar-refractivity contribution in [1.82, 2.24) is 15.0 Å². The molecule has 0 N–H and O–H groups in total. The number of nitrogens with zero attached hydrogens (tertiary/aromatic N) is 3. The van der Waals surface area contributed by atoms with Gasteiger partial charge in [-0.25, -0.2) is 9.97 Å². The van der Waals surface area contributed by atoms with Gasteiger partial charge in [-0.3, -0.25) is 4.98 Å². The van der Waals surface area contributed by atoms with Crippen molar-refractivity contribution in [3.8, 4) is 78.4 Å². The number of hydrogen-bond acceptors (Lipinski definition) is 4. The molecule has 0 aliphatic heterocycles. The zero-order valence-electron chi connectivity index (χ0n) is 32.1. The molecule has 0 saturated carbocycles. The Morgan fingerprint density at radius 3 is 1.78 bits per heavy atom. The Hall–Kier alpha value is -7.43. The number of pyridine rings is 1. The third-order valence-corrected chi connectivity index (χ3v) is 11.8. The molecule has 0 spiro atoms. The summed E-state index contributed by atoms with van der Waals surface area (Å²) in [7, 11) is 0. The highest BCUT2D eigenvalue weighted by Crippen LogP contribution is 2.50. The molecule has 11 rings (SSSR count). The number of aromatic nitrogens is 3. The van der Waals surface area contributed by atoms with Gasteiger partial charge in [-0.1, -0.05) is 129 Å². The summed E-state index contributed by atoms with van der Waals surface area (Å²) in [6.07, 6.45) is 3.67. The molecule has 0 fully saturated rings. The third-order valence-electron chi connectivity index (χ3n) is 11.8. The first-order chi connectivity index (χ1) is 28.5. The first-order valence-electron chi connectivity index (χ1n) is 19.7. The summed E-state index contributed by atoms with van der Waals surface area (Å²) in [5.41, 5.74) is 18.4. The lowest BCUT2D eigenvalue weighted by Gasteiger charge is -2.21. The van der Waals surface area contributed by atoms with Crippen LogP contribution in [0.3, 0.4) is 0 Å². The maximum atomic E-state index is 6.33. The fourth-order valence-electron chi connectivity index (χ4n) is 8.75. The van der Waals surface area contributed by atoms with E-state index >= 15 is 0 Å². The molecule has 4 heteroatoms. The zero-order valence-corrected chi connectivity index (χ0v) is 32.1. The van der Waals surface area contributed by atoms with Gasteiger partial charge in [0.2, 0.25) is 0 Å². The summed E-state index contributed by atoms with van der Waals surface area (Å²) in [6, 6.07) is 62.5. The molecular formula is C54H37N3O. The molecule has 0 amide bonds. The predicted molar refractivity (Wildman–Crippen MR) is 237 cm³/mol. The average molecular weight is 744 g/mol. The molecule has 3 aromatic heterocycles. The van der Waals surface area contributed by atoms with Crippen molar-refractivity contribution in [3.63, 3.8) is 0 Å². The molecule has 0 unspecified atom stereocenters. The van der Waals surface area contributed by atoms with Gasteiger partial charge in [-0.15, -0.1) is 0 Å². The Morgan fingerprint density at radius 1 is 0.379 bits per heavy atom. The molecule has 10 aromatic rings. The molecule has 58 heavy (non-hydrogen) atoms. The van der Waals surface area contributed by atoms with Crippen molar-refractivity contribution in [3.05, 3.63) is 199 Å². The SMILES string of the molecule is CC1(C)c2ccccc2-c2cc(-c3cc(-c4ccc(-c5ccncc5)cc4)cc(-c4cc(-c5ccc6c(c5)oc5ccccc56)nc(-c5ccccc5)n4)c3)ccc21. The average Bonchev–Trinajstić information content (AvgIpc) is 3.77. The summed E-state index contributed by atoms with van der Waals surface area (Å²) in [5, 5.41) is 2.19. The van der Waals surface area contributed by atoms with E-state index in [2.05, 4.69) is 146 Å². The van der Waals surface area contributed by atoms with E-state index < -0.39 is 0 Å². The summed E-state index contributed by atoms with van der Waals surface area (Å²) >= 11 is 0. The predicted octanol–water partition coefficient (Wildman–Crippen LogP) is 14.1.